The SMILES string of the molecule is CCCNC(=O)COc1c2cccc1Cc1cccc(c1OCC(=O)O)Cc1cccc(c1OCC(=O)O)Cc1cccc(c1OCC(=O)O)C2. The summed E-state index contributed by atoms with van der Waals surface area (Å²) in [5.74, 6) is -2.27. The molecule has 4 aromatic carbocycles. The van der Waals surface area contributed by atoms with Crippen LogP contribution < -0.4 is 24.3 Å². The van der Waals surface area contributed by atoms with Gasteiger partial charge in [-0.3, -0.25) is 4.79 Å². The first-order chi connectivity index (χ1) is 24.6. The largest absolute Gasteiger partial charge is 0.483 e. The minimum atomic E-state index is -1.17. The highest BCUT2D eigenvalue weighted by Gasteiger charge is 2.23. The Bertz CT molecular complexity index is 1810. The van der Waals surface area contributed by atoms with Gasteiger partial charge in [-0.15, -0.1) is 0 Å². The van der Waals surface area contributed by atoms with Crippen LogP contribution in [0.3, 0.4) is 0 Å². The highest BCUT2D eigenvalue weighted by atomic mass is 16.5. The van der Waals surface area contributed by atoms with Crippen molar-refractivity contribution >= 4 is 23.8 Å². The molecule has 0 atom stereocenters. The molecule has 51 heavy (non-hydrogen) atoms. The summed E-state index contributed by atoms with van der Waals surface area (Å²) in [7, 11) is 0. The van der Waals surface area contributed by atoms with Crippen LogP contribution in [-0.2, 0) is 44.9 Å². The Kier molecular flexibility index (Phi) is 12.1. The molecule has 0 heterocycles. The van der Waals surface area contributed by atoms with Crippen LogP contribution in [0, 0.1) is 0 Å². The first-order valence-electron chi connectivity index (χ1n) is 16.5. The van der Waals surface area contributed by atoms with Gasteiger partial charge in [0.05, 0.1) is 0 Å². The molecule has 1 aliphatic carbocycles. The van der Waals surface area contributed by atoms with Crippen LogP contribution in [0.25, 0.3) is 0 Å². The Morgan fingerprint density at radius 3 is 0.980 bits per heavy atom. The molecule has 0 fully saturated rings. The van der Waals surface area contributed by atoms with Crippen LogP contribution >= 0.6 is 0 Å². The monoisotopic (exact) mass is 697 g/mol. The van der Waals surface area contributed by atoms with E-state index in [1.165, 1.54) is 0 Å². The van der Waals surface area contributed by atoms with E-state index in [4.69, 9.17) is 18.9 Å². The van der Waals surface area contributed by atoms with Gasteiger partial charge in [-0.1, -0.05) is 79.7 Å². The van der Waals surface area contributed by atoms with E-state index in [1.54, 1.807) is 12.1 Å². The maximum absolute atomic E-state index is 12.7. The van der Waals surface area contributed by atoms with Gasteiger partial charge in [0, 0.05) is 32.2 Å². The predicted molar refractivity (Wildman–Crippen MR) is 185 cm³/mol. The van der Waals surface area contributed by atoms with Gasteiger partial charge in [0.15, 0.2) is 26.4 Å². The van der Waals surface area contributed by atoms with E-state index in [9.17, 15) is 34.5 Å². The second-order valence-corrected chi connectivity index (χ2v) is 12.0. The Morgan fingerprint density at radius 1 is 0.490 bits per heavy atom. The molecule has 0 saturated carbocycles. The Labute approximate surface area is 294 Å². The molecule has 1 aliphatic rings. The average Bonchev–Trinajstić information content (AvgIpc) is 3.09. The molecular weight excluding hydrogens is 658 g/mol. The summed E-state index contributed by atoms with van der Waals surface area (Å²) in [4.78, 5) is 47.7. The molecule has 1 amide bonds. The molecule has 0 aromatic heterocycles. The lowest BCUT2D eigenvalue weighted by molar-refractivity contribution is -0.140. The number of ether oxygens (including phenoxy) is 4. The van der Waals surface area contributed by atoms with Crippen LogP contribution in [0.4, 0.5) is 0 Å². The Morgan fingerprint density at radius 2 is 0.745 bits per heavy atom. The number of para-hydroxylation sites is 4. The van der Waals surface area contributed by atoms with Crippen LogP contribution in [-0.4, -0.2) is 72.1 Å². The maximum Gasteiger partial charge on any atom is 0.341 e. The number of carbonyl (C=O) groups is 4. The molecule has 0 spiro atoms. The maximum atomic E-state index is 12.7. The number of fused-ring (bicyclic) bond motifs is 8. The van der Waals surface area contributed by atoms with Gasteiger partial charge < -0.3 is 39.6 Å². The standard InChI is InChI=1S/C39H39NO11/c1-2-15-40-32(41)20-48-36-24-7-3-8-25(36)17-27-10-5-12-29(38(27)50-22-34(44)45)19-31-14-6-13-30(39(31)51-23-35(46)47)18-28-11-4-9-26(16-24)37(28)49-21-33(42)43/h3-14H,2,15-23H2,1H3,(H,40,41)(H,42,43)(H,44,45)(H,46,47). The van der Waals surface area contributed by atoms with Crippen molar-refractivity contribution in [1.29, 1.82) is 0 Å². The number of nitrogens with one attached hydrogen (secondary N) is 1. The normalized spacial score (nSPS) is 11.9. The molecule has 266 valence electrons. The minimum Gasteiger partial charge on any atom is -0.483 e. The van der Waals surface area contributed by atoms with Crippen LogP contribution in [0.15, 0.2) is 72.8 Å². The molecule has 0 unspecified atom stereocenters. The average molecular weight is 698 g/mol. The second-order valence-electron chi connectivity index (χ2n) is 12.0. The van der Waals surface area contributed by atoms with E-state index in [0.717, 1.165) is 6.42 Å². The number of carboxylic acid groups (broad SMARTS) is 3. The van der Waals surface area contributed by atoms with Crippen molar-refractivity contribution in [2.24, 2.45) is 0 Å². The summed E-state index contributed by atoms with van der Waals surface area (Å²) in [5.41, 5.74) is 5.28. The number of benzene rings is 4. The third kappa shape index (κ3) is 9.56. The predicted octanol–water partition coefficient (Wildman–Crippen LogP) is 4.66. The zero-order valence-corrected chi connectivity index (χ0v) is 28.1. The molecule has 8 bridgehead atoms. The summed E-state index contributed by atoms with van der Waals surface area (Å²) in [5, 5.41) is 31.4. The van der Waals surface area contributed by atoms with E-state index >= 15 is 0 Å². The van der Waals surface area contributed by atoms with Crippen molar-refractivity contribution < 1.29 is 53.4 Å². The van der Waals surface area contributed by atoms with E-state index in [1.807, 2.05) is 67.6 Å². The lowest BCUT2D eigenvalue weighted by Crippen LogP contribution is -2.29. The smallest absolute Gasteiger partial charge is 0.341 e. The zero-order valence-electron chi connectivity index (χ0n) is 28.1. The fourth-order valence-corrected chi connectivity index (χ4v) is 6.08. The summed E-state index contributed by atoms with van der Waals surface area (Å²) in [6.07, 6.45) is 1.65. The van der Waals surface area contributed by atoms with E-state index in [-0.39, 0.29) is 38.2 Å². The summed E-state index contributed by atoms with van der Waals surface area (Å²) in [6, 6.07) is 21.9. The van der Waals surface area contributed by atoms with Gasteiger partial charge >= 0.3 is 17.9 Å². The zero-order chi connectivity index (χ0) is 36.3. The van der Waals surface area contributed by atoms with Crippen LogP contribution in [0.1, 0.15) is 57.9 Å². The number of hydrogen-bond acceptors (Lipinski definition) is 8. The molecule has 4 N–H and O–H groups in total. The van der Waals surface area contributed by atoms with Gasteiger partial charge in [-0.05, 0) is 50.9 Å². The van der Waals surface area contributed by atoms with Crippen molar-refractivity contribution in [3.8, 4) is 23.0 Å². The molecule has 0 radical (unpaired) electrons. The van der Waals surface area contributed by atoms with Crippen molar-refractivity contribution in [3.63, 3.8) is 0 Å². The topological polar surface area (TPSA) is 178 Å². The molecule has 5 rings (SSSR count). The number of carbonyl (C=O) groups excluding carboxylic acids is 1. The molecule has 12 heteroatoms. The van der Waals surface area contributed by atoms with Crippen molar-refractivity contribution in [2.75, 3.05) is 33.0 Å². The minimum absolute atomic E-state index is 0.203. The number of carboxylic acids is 3. The fourth-order valence-electron chi connectivity index (χ4n) is 6.08. The van der Waals surface area contributed by atoms with E-state index in [0.29, 0.717) is 74.1 Å². The van der Waals surface area contributed by atoms with E-state index < -0.39 is 37.7 Å². The Hall–Kier alpha value is -6.04. The molecule has 4 aromatic rings. The van der Waals surface area contributed by atoms with Crippen molar-refractivity contribution in [3.05, 3.63) is 117 Å². The summed E-state index contributed by atoms with van der Waals surface area (Å²) < 4.78 is 24.0. The molecule has 12 nitrogen and oxygen atoms in total. The summed E-state index contributed by atoms with van der Waals surface area (Å²) >= 11 is 0. The highest BCUT2D eigenvalue weighted by molar-refractivity contribution is 5.77. The van der Waals surface area contributed by atoms with Gasteiger partial charge in [0.25, 0.3) is 5.91 Å². The number of hydrogen-bond donors (Lipinski definition) is 4. The molecule has 0 saturated heterocycles. The fraction of sp³-hybridized carbons (Fsp3) is 0.282. The van der Waals surface area contributed by atoms with Gasteiger partial charge in [0.2, 0.25) is 0 Å². The molecular formula is C39H39NO11. The second kappa shape index (κ2) is 17.1. The first-order valence-corrected chi connectivity index (χ1v) is 16.5. The third-order valence-corrected chi connectivity index (χ3v) is 8.18. The number of amides is 1. The third-order valence-electron chi connectivity index (χ3n) is 8.18. The summed E-state index contributed by atoms with van der Waals surface area (Å²) in [6.45, 7) is 0.397. The lowest BCUT2D eigenvalue weighted by atomic mass is 9.91. The van der Waals surface area contributed by atoms with Gasteiger partial charge in [0.1, 0.15) is 23.0 Å². The van der Waals surface area contributed by atoms with Crippen molar-refractivity contribution in [2.45, 2.75) is 39.0 Å². The number of rotatable bonds is 14. The van der Waals surface area contributed by atoms with Gasteiger partial charge in [-0.2, -0.15) is 0 Å². The molecule has 0 aliphatic heterocycles. The van der Waals surface area contributed by atoms with Gasteiger partial charge in [-0.25, -0.2) is 14.4 Å². The Balaban J connectivity index is 1.73. The van der Waals surface area contributed by atoms with E-state index in [2.05, 4.69) is 5.32 Å². The van der Waals surface area contributed by atoms with Crippen LogP contribution in [0.5, 0.6) is 23.0 Å². The highest BCUT2D eigenvalue weighted by Crippen LogP contribution is 2.38. The quantitative estimate of drug-likeness (QED) is 0.127. The van der Waals surface area contributed by atoms with Crippen LogP contribution in [0.2, 0.25) is 0 Å². The first kappa shape index (κ1) is 36.2. The van der Waals surface area contributed by atoms with Crippen molar-refractivity contribution in [1.82, 2.24) is 5.32 Å². The number of aliphatic carboxylic acids is 3. The lowest BCUT2D eigenvalue weighted by Gasteiger charge is -2.22.